The van der Waals surface area contributed by atoms with Crippen LogP contribution in [-0.4, -0.2) is 19.0 Å². The van der Waals surface area contributed by atoms with Gasteiger partial charge in [-0.3, -0.25) is 4.79 Å². The Balaban J connectivity index is 1.98. The van der Waals surface area contributed by atoms with Gasteiger partial charge in [-0.05, 0) is 31.5 Å². The van der Waals surface area contributed by atoms with Crippen LogP contribution in [0.15, 0.2) is 22.8 Å². The van der Waals surface area contributed by atoms with Gasteiger partial charge in [0.1, 0.15) is 5.76 Å². The second-order valence-corrected chi connectivity index (χ2v) is 3.78. The highest BCUT2D eigenvalue weighted by atomic mass is 16.3. The fourth-order valence-electron chi connectivity index (χ4n) is 1.48. The lowest BCUT2D eigenvalue weighted by molar-refractivity contribution is -0.121. The molecule has 0 spiro atoms. The van der Waals surface area contributed by atoms with E-state index in [1.54, 1.807) is 6.26 Å². The molecular formula is C12H20N2O2. The molecule has 0 fully saturated rings. The Hall–Kier alpha value is -1.29. The van der Waals surface area contributed by atoms with Gasteiger partial charge < -0.3 is 15.5 Å². The molecule has 0 aliphatic heterocycles. The van der Waals surface area contributed by atoms with Crippen LogP contribution in [0.2, 0.25) is 0 Å². The fourth-order valence-corrected chi connectivity index (χ4v) is 1.48. The Morgan fingerprint density at radius 1 is 1.38 bits per heavy atom. The van der Waals surface area contributed by atoms with Crippen LogP contribution < -0.4 is 11.1 Å². The molecule has 0 aliphatic carbocycles. The average Bonchev–Trinajstić information content (AvgIpc) is 2.77. The first-order chi connectivity index (χ1) is 7.83. The van der Waals surface area contributed by atoms with E-state index in [-0.39, 0.29) is 5.91 Å². The lowest BCUT2D eigenvalue weighted by Crippen LogP contribution is -2.25. The number of hydrogen-bond acceptors (Lipinski definition) is 3. The van der Waals surface area contributed by atoms with Gasteiger partial charge in [0.15, 0.2) is 0 Å². The highest BCUT2D eigenvalue weighted by Gasteiger charge is 2.01. The standard InChI is InChI=1S/C12H20N2O2/c13-8-3-1-2-6-12(15)14-9-7-11-5-4-10-16-11/h4-5,10H,1-3,6-9,13H2,(H,14,15). The molecule has 0 aromatic carbocycles. The van der Waals surface area contributed by atoms with E-state index in [1.807, 2.05) is 12.1 Å². The monoisotopic (exact) mass is 224 g/mol. The van der Waals surface area contributed by atoms with Gasteiger partial charge in [-0.15, -0.1) is 0 Å². The minimum absolute atomic E-state index is 0.114. The minimum Gasteiger partial charge on any atom is -0.469 e. The third kappa shape index (κ3) is 5.56. The van der Waals surface area contributed by atoms with Crippen LogP contribution in [0.25, 0.3) is 0 Å². The number of carbonyl (C=O) groups excluding carboxylic acids is 1. The fraction of sp³-hybridized carbons (Fsp3) is 0.583. The SMILES string of the molecule is NCCCCCC(=O)NCCc1ccco1. The second kappa shape index (κ2) is 7.93. The number of nitrogens with two attached hydrogens (primary N) is 1. The normalized spacial score (nSPS) is 10.3. The van der Waals surface area contributed by atoms with Crippen molar-refractivity contribution in [3.63, 3.8) is 0 Å². The zero-order valence-corrected chi connectivity index (χ0v) is 9.58. The van der Waals surface area contributed by atoms with E-state index in [1.165, 1.54) is 0 Å². The maximum atomic E-state index is 11.4. The Bertz CT molecular complexity index is 283. The van der Waals surface area contributed by atoms with E-state index in [2.05, 4.69) is 5.32 Å². The zero-order chi connectivity index (χ0) is 11.6. The Labute approximate surface area is 96.2 Å². The molecule has 90 valence electrons. The topological polar surface area (TPSA) is 68.3 Å². The Morgan fingerprint density at radius 3 is 2.94 bits per heavy atom. The van der Waals surface area contributed by atoms with E-state index in [0.717, 1.165) is 31.4 Å². The van der Waals surface area contributed by atoms with Crippen LogP contribution in [0.4, 0.5) is 0 Å². The van der Waals surface area contributed by atoms with Crippen LogP contribution in [0, 0.1) is 0 Å². The quantitative estimate of drug-likeness (QED) is 0.657. The summed E-state index contributed by atoms with van der Waals surface area (Å²) >= 11 is 0. The molecule has 4 nitrogen and oxygen atoms in total. The summed E-state index contributed by atoms with van der Waals surface area (Å²) in [5.74, 6) is 1.02. The van der Waals surface area contributed by atoms with E-state index < -0.39 is 0 Å². The van der Waals surface area contributed by atoms with Crippen LogP contribution in [0.5, 0.6) is 0 Å². The Kier molecular flexibility index (Phi) is 6.33. The molecule has 0 radical (unpaired) electrons. The molecule has 0 saturated carbocycles. The molecule has 0 aliphatic rings. The van der Waals surface area contributed by atoms with E-state index in [9.17, 15) is 4.79 Å². The second-order valence-electron chi connectivity index (χ2n) is 3.78. The molecule has 0 atom stereocenters. The summed E-state index contributed by atoms with van der Waals surface area (Å²) in [6, 6.07) is 3.76. The van der Waals surface area contributed by atoms with E-state index in [4.69, 9.17) is 10.2 Å². The van der Waals surface area contributed by atoms with Gasteiger partial charge in [0.25, 0.3) is 0 Å². The lowest BCUT2D eigenvalue weighted by Gasteiger charge is -2.03. The summed E-state index contributed by atoms with van der Waals surface area (Å²) in [6.45, 7) is 1.35. The van der Waals surface area contributed by atoms with Crippen molar-refractivity contribution in [1.29, 1.82) is 0 Å². The van der Waals surface area contributed by atoms with Crippen molar-refractivity contribution in [3.05, 3.63) is 24.2 Å². The van der Waals surface area contributed by atoms with Crippen molar-refractivity contribution in [3.8, 4) is 0 Å². The van der Waals surface area contributed by atoms with Crippen LogP contribution in [0.3, 0.4) is 0 Å². The van der Waals surface area contributed by atoms with Crippen molar-refractivity contribution in [1.82, 2.24) is 5.32 Å². The van der Waals surface area contributed by atoms with Gasteiger partial charge in [0, 0.05) is 19.4 Å². The molecule has 1 aromatic rings. The summed E-state index contributed by atoms with van der Waals surface area (Å²) in [6.07, 6.45) is 5.94. The molecule has 16 heavy (non-hydrogen) atoms. The number of furan rings is 1. The maximum absolute atomic E-state index is 11.4. The van der Waals surface area contributed by atoms with Crippen molar-refractivity contribution >= 4 is 5.91 Å². The highest BCUT2D eigenvalue weighted by Crippen LogP contribution is 2.00. The Morgan fingerprint density at radius 2 is 2.25 bits per heavy atom. The predicted molar refractivity (Wildman–Crippen MR) is 62.9 cm³/mol. The number of carbonyl (C=O) groups is 1. The molecule has 0 unspecified atom stereocenters. The third-order valence-electron chi connectivity index (χ3n) is 2.38. The van der Waals surface area contributed by atoms with Gasteiger partial charge in [0.05, 0.1) is 6.26 Å². The molecular weight excluding hydrogens is 204 g/mol. The van der Waals surface area contributed by atoms with Gasteiger partial charge in [-0.25, -0.2) is 0 Å². The summed E-state index contributed by atoms with van der Waals surface area (Å²) in [7, 11) is 0. The van der Waals surface area contributed by atoms with Crippen molar-refractivity contribution in [2.75, 3.05) is 13.1 Å². The zero-order valence-electron chi connectivity index (χ0n) is 9.58. The number of rotatable bonds is 8. The predicted octanol–water partition coefficient (Wildman–Crippen LogP) is 1.46. The van der Waals surface area contributed by atoms with Crippen molar-refractivity contribution in [2.24, 2.45) is 5.73 Å². The largest absolute Gasteiger partial charge is 0.469 e. The first kappa shape index (κ1) is 12.8. The summed E-state index contributed by atoms with van der Waals surface area (Å²) in [4.78, 5) is 11.4. The van der Waals surface area contributed by atoms with Crippen LogP contribution in [0.1, 0.15) is 31.4 Å². The van der Waals surface area contributed by atoms with E-state index in [0.29, 0.717) is 19.5 Å². The summed E-state index contributed by atoms with van der Waals surface area (Å²) in [5.41, 5.74) is 5.37. The van der Waals surface area contributed by atoms with Gasteiger partial charge in [0.2, 0.25) is 5.91 Å². The molecule has 3 N–H and O–H groups in total. The van der Waals surface area contributed by atoms with E-state index >= 15 is 0 Å². The molecule has 0 saturated heterocycles. The van der Waals surface area contributed by atoms with Crippen LogP contribution in [-0.2, 0) is 11.2 Å². The molecule has 1 aromatic heterocycles. The van der Waals surface area contributed by atoms with Crippen molar-refractivity contribution < 1.29 is 9.21 Å². The molecule has 1 rings (SSSR count). The molecule has 1 amide bonds. The highest BCUT2D eigenvalue weighted by molar-refractivity contribution is 5.75. The van der Waals surface area contributed by atoms with Crippen molar-refractivity contribution in [2.45, 2.75) is 32.1 Å². The average molecular weight is 224 g/mol. The smallest absolute Gasteiger partial charge is 0.220 e. The van der Waals surface area contributed by atoms with Crippen LogP contribution >= 0.6 is 0 Å². The maximum Gasteiger partial charge on any atom is 0.220 e. The number of hydrogen-bond donors (Lipinski definition) is 2. The first-order valence-corrected chi connectivity index (χ1v) is 5.82. The summed E-state index contributed by atoms with van der Waals surface area (Å²) < 4.78 is 5.16. The molecule has 0 bridgehead atoms. The minimum atomic E-state index is 0.114. The molecule has 4 heteroatoms. The third-order valence-corrected chi connectivity index (χ3v) is 2.38. The van der Waals surface area contributed by atoms with Gasteiger partial charge in [-0.1, -0.05) is 6.42 Å². The first-order valence-electron chi connectivity index (χ1n) is 5.82. The lowest BCUT2D eigenvalue weighted by atomic mass is 10.2. The molecule has 1 heterocycles. The number of nitrogens with one attached hydrogen (secondary N) is 1. The van der Waals surface area contributed by atoms with Gasteiger partial charge in [-0.2, -0.15) is 0 Å². The number of amides is 1. The summed E-state index contributed by atoms with van der Waals surface area (Å²) in [5, 5.41) is 2.87. The van der Waals surface area contributed by atoms with Gasteiger partial charge >= 0.3 is 0 Å². The number of unbranched alkanes of at least 4 members (excludes halogenated alkanes) is 2.